The molecule has 2 aromatic carbocycles. The van der Waals surface area contributed by atoms with Crippen LogP contribution in [0.15, 0.2) is 54.6 Å². The van der Waals surface area contributed by atoms with Gasteiger partial charge in [0.25, 0.3) is 0 Å². The quantitative estimate of drug-likeness (QED) is 0.320. The summed E-state index contributed by atoms with van der Waals surface area (Å²) in [6.45, 7) is -0.390. The van der Waals surface area contributed by atoms with Gasteiger partial charge in [-0.2, -0.15) is 13.2 Å². The van der Waals surface area contributed by atoms with Crippen LogP contribution in [0.4, 0.5) is 13.2 Å². The molecule has 0 aliphatic heterocycles. The minimum atomic E-state index is -4.41. The molecule has 0 spiro atoms. The molecule has 1 fully saturated rings. The van der Waals surface area contributed by atoms with Crippen LogP contribution < -0.4 is 0 Å². The van der Waals surface area contributed by atoms with E-state index >= 15 is 0 Å². The number of carbonyl (C=O) groups excluding carboxylic acids is 2. The van der Waals surface area contributed by atoms with Crippen molar-refractivity contribution in [1.29, 1.82) is 0 Å². The fraction of sp³-hybridized carbons (Fsp3) is 0.333. The van der Waals surface area contributed by atoms with Gasteiger partial charge >= 0.3 is 12.1 Å². The van der Waals surface area contributed by atoms with Crippen LogP contribution in [0.25, 0.3) is 6.08 Å². The number of carbonyl (C=O) groups is 2. The summed E-state index contributed by atoms with van der Waals surface area (Å²) in [5.74, 6) is -0.486. The Hall–Kier alpha value is -2.89. The number of Topliss-reactive ketones (excluding diaryl/α,β-unsaturated/α-hetero) is 1. The molecular formula is C24H23F3O3. The molecule has 1 aliphatic carbocycles. The summed E-state index contributed by atoms with van der Waals surface area (Å²) in [6.07, 6.45) is 4.13. The number of hydrogen-bond donors (Lipinski definition) is 0. The topological polar surface area (TPSA) is 43.4 Å². The zero-order valence-electron chi connectivity index (χ0n) is 16.5. The van der Waals surface area contributed by atoms with Crippen LogP contribution in [0.3, 0.4) is 0 Å². The number of ketones is 1. The standard InChI is InChI=1S/C24H23F3O3/c25-24(26,27)21-13-6-17(7-14-21)8-15-23(29)30-16-22(28)20-11-9-19(10-12-20)18-4-2-1-3-5-18/h6-15,18H,1-5,16H2/b15-8+. The summed E-state index contributed by atoms with van der Waals surface area (Å²) < 4.78 is 42.6. The Balaban J connectivity index is 1.49. The van der Waals surface area contributed by atoms with Gasteiger partial charge in [0.05, 0.1) is 5.56 Å². The van der Waals surface area contributed by atoms with E-state index in [0.29, 0.717) is 17.0 Å². The first-order valence-electron chi connectivity index (χ1n) is 9.98. The van der Waals surface area contributed by atoms with Crippen LogP contribution in [-0.2, 0) is 15.7 Å². The normalized spacial score (nSPS) is 15.3. The molecule has 2 aromatic rings. The highest BCUT2D eigenvalue weighted by Crippen LogP contribution is 2.32. The van der Waals surface area contributed by atoms with Gasteiger partial charge < -0.3 is 4.74 Å². The van der Waals surface area contributed by atoms with Crippen molar-refractivity contribution in [3.63, 3.8) is 0 Å². The Bertz CT molecular complexity index is 891. The van der Waals surface area contributed by atoms with E-state index < -0.39 is 17.7 Å². The SMILES string of the molecule is O=C(/C=C/c1ccc(C(F)(F)F)cc1)OCC(=O)c1ccc(C2CCCCC2)cc1. The van der Waals surface area contributed by atoms with E-state index in [1.54, 1.807) is 12.1 Å². The van der Waals surface area contributed by atoms with Crippen LogP contribution in [0, 0.1) is 0 Å². The van der Waals surface area contributed by atoms with Gasteiger partial charge in [0.1, 0.15) is 0 Å². The number of benzene rings is 2. The van der Waals surface area contributed by atoms with Gasteiger partial charge in [0.15, 0.2) is 12.4 Å². The highest BCUT2D eigenvalue weighted by molar-refractivity contribution is 5.98. The highest BCUT2D eigenvalue weighted by atomic mass is 19.4. The first kappa shape index (κ1) is 21.8. The van der Waals surface area contributed by atoms with E-state index in [1.165, 1.54) is 55.9 Å². The Kier molecular flexibility index (Phi) is 7.08. The Morgan fingerprint density at radius 3 is 2.17 bits per heavy atom. The van der Waals surface area contributed by atoms with Crippen molar-refractivity contribution in [1.82, 2.24) is 0 Å². The lowest BCUT2D eigenvalue weighted by molar-refractivity contribution is -0.138. The lowest BCUT2D eigenvalue weighted by Crippen LogP contribution is -2.13. The molecule has 1 saturated carbocycles. The van der Waals surface area contributed by atoms with Gasteiger partial charge in [-0.1, -0.05) is 55.7 Å². The molecule has 0 bridgehead atoms. The molecule has 0 heterocycles. The molecule has 0 atom stereocenters. The van der Waals surface area contributed by atoms with Crippen LogP contribution in [0.2, 0.25) is 0 Å². The number of esters is 1. The fourth-order valence-corrected chi connectivity index (χ4v) is 3.59. The van der Waals surface area contributed by atoms with Crippen LogP contribution >= 0.6 is 0 Å². The molecule has 0 N–H and O–H groups in total. The number of ether oxygens (including phenoxy) is 1. The third-order valence-corrected chi connectivity index (χ3v) is 5.30. The molecule has 3 nitrogen and oxygen atoms in total. The monoisotopic (exact) mass is 416 g/mol. The van der Waals surface area contributed by atoms with Gasteiger partial charge in [-0.15, -0.1) is 0 Å². The molecule has 0 radical (unpaired) electrons. The van der Waals surface area contributed by atoms with E-state index in [-0.39, 0.29) is 12.4 Å². The Morgan fingerprint density at radius 2 is 1.57 bits per heavy atom. The van der Waals surface area contributed by atoms with Crippen molar-refractivity contribution < 1.29 is 27.5 Å². The maximum absolute atomic E-state index is 12.5. The number of hydrogen-bond acceptors (Lipinski definition) is 3. The van der Waals surface area contributed by atoms with E-state index in [9.17, 15) is 22.8 Å². The predicted molar refractivity (Wildman–Crippen MR) is 108 cm³/mol. The second kappa shape index (κ2) is 9.74. The molecule has 3 rings (SSSR count). The Labute approximate surface area is 173 Å². The fourth-order valence-electron chi connectivity index (χ4n) is 3.59. The van der Waals surface area contributed by atoms with Gasteiger partial charge in [0, 0.05) is 11.6 Å². The summed E-state index contributed by atoms with van der Waals surface area (Å²) in [5.41, 5.74) is 1.38. The minimum absolute atomic E-state index is 0.304. The summed E-state index contributed by atoms with van der Waals surface area (Å²) >= 11 is 0. The smallest absolute Gasteiger partial charge is 0.416 e. The van der Waals surface area contributed by atoms with E-state index in [2.05, 4.69) is 0 Å². The van der Waals surface area contributed by atoms with E-state index in [0.717, 1.165) is 18.2 Å². The zero-order chi connectivity index (χ0) is 21.6. The first-order valence-corrected chi connectivity index (χ1v) is 9.98. The summed E-state index contributed by atoms with van der Waals surface area (Å²) in [5, 5.41) is 0. The summed E-state index contributed by atoms with van der Waals surface area (Å²) in [4.78, 5) is 24.0. The van der Waals surface area contributed by atoms with Gasteiger partial charge in [0.2, 0.25) is 0 Å². The Morgan fingerprint density at radius 1 is 0.933 bits per heavy atom. The van der Waals surface area contributed by atoms with Crippen molar-refractivity contribution >= 4 is 17.8 Å². The third kappa shape index (κ3) is 6.05. The van der Waals surface area contributed by atoms with Crippen LogP contribution in [0.1, 0.15) is 65.1 Å². The lowest BCUT2D eigenvalue weighted by Gasteiger charge is -2.22. The molecule has 30 heavy (non-hydrogen) atoms. The second-order valence-corrected chi connectivity index (χ2v) is 7.44. The summed E-state index contributed by atoms with van der Waals surface area (Å²) in [6, 6.07) is 11.8. The second-order valence-electron chi connectivity index (χ2n) is 7.44. The molecule has 0 aromatic heterocycles. The maximum Gasteiger partial charge on any atom is 0.416 e. The average molecular weight is 416 g/mol. The number of rotatable bonds is 6. The molecule has 6 heteroatoms. The number of halogens is 3. The minimum Gasteiger partial charge on any atom is -0.454 e. The average Bonchev–Trinajstić information content (AvgIpc) is 2.76. The molecule has 0 saturated heterocycles. The van der Waals surface area contributed by atoms with Crippen molar-refractivity contribution in [3.8, 4) is 0 Å². The highest BCUT2D eigenvalue weighted by Gasteiger charge is 2.29. The van der Waals surface area contributed by atoms with Crippen LogP contribution in [0.5, 0.6) is 0 Å². The van der Waals surface area contributed by atoms with Gasteiger partial charge in [-0.25, -0.2) is 4.79 Å². The third-order valence-electron chi connectivity index (χ3n) is 5.30. The van der Waals surface area contributed by atoms with Gasteiger partial charge in [-0.05, 0) is 48.1 Å². The van der Waals surface area contributed by atoms with Gasteiger partial charge in [-0.3, -0.25) is 4.79 Å². The largest absolute Gasteiger partial charge is 0.454 e. The molecule has 0 amide bonds. The molecular weight excluding hydrogens is 393 g/mol. The van der Waals surface area contributed by atoms with Crippen LogP contribution in [-0.4, -0.2) is 18.4 Å². The summed E-state index contributed by atoms with van der Waals surface area (Å²) in [7, 11) is 0. The van der Waals surface area contributed by atoms with Crippen molar-refractivity contribution in [2.24, 2.45) is 0 Å². The molecule has 1 aliphatic rings. The molecule has 158 valence electrons. The van der Waals surface area contributed by atoms with E-state index in [1.807, 2.05) is 12.1 Å². The van der Waals surface area contributed by atoms with Crippen molar-refractivity contribution in [2.75, 3.05) is 6.61 Å². The number of alkyl halides is 3. The lowest BCUT2D eigenvalue weighted by atomic mass is 9.84. The van der Waals surface area contributed by atoms with Crippen molar-refractivity contribution in [2.45, 2.75) is 44.2 Å². The van der Waals surface area contributed by atoms with Crippen molar-refractivity contribution in [3.05, 3.63) is 76.9 Å². The molecule has 0 unspecified atom stereocenters. The first-order chi connectivity index (χ1) is 14.3. The zero-order valence-corrected chi connectivity index (χ0v) is 16.5. The van der Waals surface area contributed by atoms with E-state index in [4.69, 9.17) is 4.74 Å². The predicted octanol–water partition coefficient (Wildman–Crippen LogP) is 6.19. The maximum atomic E-state index is 12.5.